The summed E-state index contributed by atoms with van der Waals surface area (Å²) in [5.41, 5.74) is 7.13. The quantitative estimate of drug-likeness (QED) is 0.134. The van der Waals surface area contributed by atoms with Crippen molar-refractivity contribution in [2.24, 2.45) is 5.73 Å². The Bertz CT molecular complexity index is 1040. The number of nitrogens with two attached hydrogens (primary N) is 1. The Morgan fingerprint density at radius 3 is 2.16 bits per heavy atom. The van der Waals surface area contributed by atoms with Crippen LogP contribution in [0.1, 0.15) is 17.7 Å². The Morgan fingerprint density at radius 1 is 1.03 bits per heavy atom. The largest absolute Gasteiger partial charge is 0.508 e. The molecule has 4 unspecified atom stereocenters. The van der Waals surface area contributed by atoms with Gasteiger partial charge in [-0.1, -0.05) is 12.1 Å². The van der Waals surface area contributed by atoms with Crippen molar-refractivity contribution in [3.63, 3.8) is 0 Å². The minimum atomic E-state index is -1.28. The number of benzene rings is 1. The first-order valence-corrected chi connectivity index (χ1v) is 13.4. The van der Waals surface area contributed by atoms with Crippen molar-refractivity contribution in [3.8, 4) is 5.75 Å². The molecule has 8 N–H and O–H groups in total. The van der Waals surface area contributed by atoms with Gasteiger partial charge in [-0.3, -0.25) is 14.4 Å². The number of aromatic nitrogens is 2. The molecule has 3 amide bonds. The number of rotatable bonds is 15. The Morgan fingerprint density at radius 2 is 1.62 bits per heavy atom. The molecule has 2 rings (SSSR count). The molecule has 37 heavy (non-hydrogen) atoms. The molecule has 0 spiro atoms. The van der Waals surface area contributed by atoms with Crippen LogP contribution in [0.25, 0.3) is 0 Å². The first-order chi connectivity index (χ1) is 17.6. The van der Waals surface area contributed by atoms with E-state index in [0.29, 0.717) is 23.4 Å². The molecule has 0 aliphatic rings. The zero-order chi connectivity index (χ0) is 27.4. The topological polar surface area (TPSA) is 200 Å². The van der Waals surface area contributed by atoms with E-state index in [4.69, 9.17) is 5.73 Å². The van der Waals surface area contributed by atoms with Gasteiger partial charge < -0.3 is 36.9 Å². The fourth-order valence-corrected chi connectivity index (χ4v) is 4.02. The van der Waals surface area contributed by atoms with Gasteiger partial charge in [0.05, 0.1) is 12.4 Å². The number of aliphatic carboxylic acids is 1. The summed E-state index contributed by atoms with van der Waals surface area (Å²) >= 11 is 5.50. The monoisotopic (exact) mass is 552 g/mol. The van der Waals surface area contributed by atoms with Gasteiger partial charge in [0.2, 0.25) is 17.7 Å². The predicted octanol–water partition coefficient (Wildman–Crippen LogP) is -0.550. The standard InChI is InChI=1S/C23H32N6O6S2/c1-37-7-6-16(24)20(31)27-18(9-14-10-25-12-26-14)22(33)28-17(8-13-2-4-15(30)5-3-13)21(32)29-19(11-36)23(34)35/h2-5,10,12,16-19,30,36H,6-9,11,24H2,1H3,(H,25,26)(H,27,31)(H,28,33)(H,29,32)(H,34,35). The second kappa shape index (κ2) is 15.1. The molecule has 4 atom stereocenters. The number of carbonyl (C=O) groups excluding carboxylic acids is 3. The highest BCUT2D eigenvalue weighted by Gasteiger charge is 2.30. The highest BCUT2D eigenvalue weighted by molar-refractivity contribution is 7.98. The van der Waals surface area contributed by atoms with Gasteiger partial charge in [-0.15, -0.1) is 0 Å². The maximum absolute atomic E-state index is 13.3. The predicted molar refractivity (Wildman–Crippen MR) is 142 cm³/mol. The maximum atomic E-state index is 13.3. The van der Waals surface area contributed by atoms with Gasteiger partial charge in [0.1, 0.15) is 23.9 Å². The van der Waals surface area contributed by atoms with E-state index in [1.54, 1.807) is 12.1 Å². The summed E-state index contributed by atoms with van der Waals surface area (Å²) in [6, 6.07) is 1.62. The highest BCUT2D eigenvalue weighted by atomic mass is 32.2. The van der Waals surface area contributed by atoms with Crippen LogP contribution >= 0.6 is 24.4 Å². The third-order valence-electron chi connectivity index (χ3n) is 5.39. The Labute approximate surface area is 224 Å². The fraction of sp³-hybridized carbons (Fsp3) is 0.435. The minimum Gasteiger partial charge on any atom is -0.508 e. The van der Waals surface area contributed by atoms with Crippen LogP contribution in [0.15, 0.2) is 36.8 Å². The third-order valence-corrected chi connectivity index (χ3v) is 6.40. The number of thiol groups is 1. The number of hydrogen-bond donors (Lipinski definition) is 8. The van der Waals surface area contributed by atoms with Crippen LogP contribution in [0.2, 0.25) is 0 Å². The van der Waals surface area contributed by atoms with Crippen molar-refractivity contribution in [1.29, 1.82) is 0 Å². The van der Waals surface area contributed by atoms with Crippen LogP contribution in [0, 0.1) is 0 Å². The van der Waals surface area contributed by atoms with Crippen molar-refractivity contribution in [2.75, 3.05) is 17.8 Å². The number of nitrogens with one attached hydrogen (secondary N) is 4. The summed E-state index contributed by atoms with van der Waals surface area (Å²) in [6.07, 6.45) is 5.29. The molecule has 1 heterocycles. The van der Waals surface area contributed by atoms with E-state index in [0.717, 1.165) is 0 Å². The van der Waals surface area contributed by atoms with Crippen molar-refractivity contribution in [1.82, 2.24) is 25.9 Å². The first-order valence-electron chi connectivity index (χ1n) is 11.4. The number of phenolic OH excluding ortho intramolecular Hbond substituents is 1. The van der Waals surface area contributed by atoms with Gasteiger partial charge in [-0.05, 0) is 36.1 Å². The average Bonchev–Trinajstić information content (AvgIpc) is 3.38. The third kappa shape index (κ3) is 9.98. The van der Waals surface area contributed by atoms with Crippen LogP contribution in [0.5, 0.6) is 5.75 Å². The molecule has 0 fully saturated rings. The zero-order valence-corrected chi connectivity index (χ0v) is 21.9. The molecule has 1 aromatic heterocycles. The number of thioether (sulfide) groups is 1. The number of amides is 3. The van der Waals surface area contributed by atoms with E-state index >= 15 is 0 Å². The molecular weight excluding hydrogens is 520 g/mol. The minimum absolute atomic E-state index is 0.00523. The normalized spacial score (nSPS) is 14.1. The number of aromatic hydroxyl groups is 1. The Hall–Kier alpha value is -3.23. The van der Waals surface area contributed by atoms with Crippen LogP contribution in [0.4, 0.5) is 0 Å². The molecule has 202 valence electrons. The second-order valence-corrected chi connectivity index (χ2v) is 9.59. The molecular formula is C23H32N6O6S2. The van der Waals surface area contributed by atoms with Gasteiger partial charge in [-0.25, -0.2) is 9.78 Å². The number of aromatic amines is 1. The summed E-state index contributed by atoms with van der Waals surface area (Å²) in [5, 5.41) is 26.5. The van der Waals surface area contributed by atoms with E-state index < -0.39 is 47.9 Å². The molecule has 2 aromatic rings. The number of carboxylic acid groups (broad SMARTS) is 1. The lowest BCUT2D eigenvalue weighted by molar-refractivity contribution is -0.141. The molecule has 0 aliphatic heterocycles. The summed E-state index contributed by atoms with van der Waals surface area (Å²) in [4.78, 5) is 57.2. The smallest absolute Gasteiger partial charge is 0.327 e. The van der Waals surface area contributed by atoms with Crippen molar-refractivity contribution >= 4 is 48.1 Å². The van der Waals surface area contributed by atoms with Crippen LogP contribution in [0.3, 0.4) is 0 Å². The van der Waals surface area contributed by atoms with Gasteiger partial charge >= 0.3 is 5.97 Å². The van der Waals surface area contributed by atoms with Gasteiger partial charge in [0, 0.05) is 30.5 Å². The van der Waals surface area contributed by atoms with Crippen LogP contribution in [-0.4, -0.2) is 85.8 Å². The summed E-state index contributed by atoms with van der Waals surface area (Å²) < 4.78 is 0. The first kappa shape index (κ1) is 30.0. The highest BCUT2D eigenvalue weighted by Crippen LogP contribution is 2.12. The lowest BCUT2D eigenvalue weighted by Crippen LogP contribution is -2.58. The van der Waals surface area contributed by atoms with Crippen molar-refractivity contribution in [3.05, 3.63) is 48.0 Å². The maximum Gasteiger partial charge on any atom is 0.327 e. The van der Waals surface area contributed by atoms with E-state index in [1.165, 1.54) is 36.4 Å². The molecule has 0 saturated heterocycles. The lowest BCUT2D eigenvalue weighted by atomic mass is 10.0. The molecule has 0 saturated carbocycles. The average molecular weight is 553 g/mol. The Kier molecular flexibility index (Phi) is 12.3. The number of carboxylic acids is 1. The van der Waals surface area contributed by atoms with Crippen LogP contribution < -0.4 is 21.7 Å². The van der Waals surface area contributed by atoms with Gasteiger partial charge in [0.25, 0.3) is 0 Å². The zero-order valence-electron chi connectivity index (χ0n) is 20.2. The van der Waals surface area contributed by atoms with E-state index in [9.17, 15) is 29.4 Å². The molecule has 0 aliphatic carbocycles. The summed E-state index contributed by atoms with van der Waals surface area (Å²) in [5.74, 6) is -2.68. The van der Waals surface area contributed by atoms with Gasteiger partial charge in [0.15, 0.2) is 0 Å². The number of imidazole rings is 1. The van der Waals surface area contributed by atoms with E-state index in [2.05, 4.69) is 38.5 Å². The number of hydrogen-bond acceptors (Lipinski definition) is 9. The molecule has 0 bridgehead atoms. The second-order valence-electron chi connectivity index (χ2n) is 8.24. The van der Waals surface area contributed by atoms with E-state index in [1.807, 2.05) is 6.26 Å². The lowest BCUT2D eigenvalue weighted by Gasteiger charge is -2.25. The summed E-state index contributed by atoms with van der Waals surface area (Å²) in [7, 11) is 0. The summed E-state index contributed by atoms with van der Waals surface area (Å²) in [6.45, 7) is 0. The SMILES string of the molecule is CSCCC(N)C(=O)NC(Cc1cnc[nH]1)C(=O)NC(Cc1ccc(O)cc1)C(=O)NC(CS)C(=O)O. The number of H-pyrrole nitrogens is 1. The molecule has 1 aromatic carbocycles. The number of phenols is 1. The fourth-order valence-electron chi connectivity index (χ4n) is 3.29. The van der Waals surface area contributed by atoms with Gasteiger partial charge in [-0.2, -0.15) is 24.4 Å². The molecule has 14 heteroatoms. The van der Waals surface area contributed by atoms with Crippen molar-refractivity contribution < 1.29 is 29.4 Å². The number of nitrogens with zero attached hydrogens (tertiary/aromatic N) is 1. The number of carbonyl (C=O) groups is 4. The van der Waals surface area contributed by atoms with Crippen LogP contribution in [-0.2, 0) is 32.0 Å². The van der Waals surface area contributed by atoms with Crippen molar-refractivity contribution in [2.45, 2.75) is 43.4 Å². The molecule has 0 radical (unpaired) electrons. The Balaban J connectivity index is 2.25. The molecule has 12 nitrogen and oxygen atoms in total. The van der Waals surface area contributed by atoms with E-state index in [-0.39, 0.29) is 24.3 Å².